The molecule has 0 unspecified atom stereocenters. The number of nitrogens with one attached hydrogen (secondary N) is 1. The van der Waals surface area contributed by atoms with Crippen LogP contribution in [-0.2, 0) is 4.74 Å². The molecule has 0 saturated carbocycles. The van der Waals surface area contributed by atoms with Gasteiger partial charge < -0.3 is 24.7 Å². The minimum Gasteiger partial charge on any atom is -0.496 e. The van der Waals surface area contributed by atoms with Crippen LogP contribution in [0.3, 0.4) is 0 Å². The molecule has 0 radical (unpaired) electrons. The fraction of sp³-hybridized carbons (Fsp3) is 0.440. The van der Waals surface area contributed by atoms with Crippen LogP contribution in [0.1, 0.15) is 60.9 Å². The van der Waals surface area contributed by atoms with Gasteiger partial charge in [0.15, 0.2) is 5.60 Å². The van der Waals surface area contributed by atoms with Crippen LogP contribution >= 0.6 is 0 Å². The van der Waals surface area contributed by atoms with Crippen LogP contribution in [0.4, 0.5) is 26.3 Å². The molecule has 0 bridgehead atoms. The molecule has 1 aliphatic rings. The standard InChI is InChI=1S/C25H24F6N2O5/c1-10-18(11-4-5-12(26)19(23(27)28)21(11)37-3)22(38-24(10,2)25(29,30)31)15-8-16(35)20-14(32-15)7-6-13(33-20)17(36)9-34/h4-8,10,17-18,22-23,34,36H,9H2,1-3H3,(H,32,35)/t10-,17+,18-,22-,24+/m0/s1. The number of aliphatic hydroxyl groups excluding tert-OH is 2. The molecular formula is C25H24F6N2O5. The number of hydrogen-bond donors (Lipinski definition) is 3. The average Bonchev–Trinajstić information content (AvgIpc) is 3.14. The van der Waals surface area contributed by atoms with Crippen molar-refractivity contribution in [3.05, 3.63) is 68.9 Å². The number of benzene rings is 1. The predicted octanol–water partition coefficient (Wildman–Crippen LogP) is 4.85. The van der Waals surface area contributed by atoms with E-state index in [0.29, 0.717) is 0 Å². The lowest BCUT2D eigenvalue weighted by Crippen LogP contribution is -2.46. The summed E-state index contributed by atoms with van der Waals surface area (Å²) in [4.78, 5) is 19.8. The summed E-state index contributed by atoms with van der Waals surface area (Å²) in [5.41, 5.74) is -4.90. The smallest absolute Gasteiger partial charge is 0.417 e. The lowest BCUT2D eigenvalue weighted by Gasteiger charge is -2.32. The number of nitrogens with zero attached hydrogens (tertiary/aromatic N) is 1. The minimum absolute atomic E-state index is 0.00193. The summed E-state index contributed by atoms with van der Waals surface area (Å²) >= 11 is 0. The second kappa shape index (κ2) is 9.86. The van der Waals surface area contributed by atoms with Gasteiger partial charge in [-0.1, -0.05) is 13.0 Å². The molecule has 0 aliphatic carbocycles. The molecule has 206 valence electrons. The quantitative estimate of drug-likeness (QED) is 0.382. The van der Waals surface area contributed by atoms with E-state index in [1.165, 1.54) is 19.1 Å². The summed E-state index contributed by atoms with van der Waals surface area (Å²) in [5.74, 6) is -4.58. The van der Waals surface area contributed by atoms with Crippen molar-refractivity contribution in [2.45, 2.75) is 50.2 Å². The van der Waals surface area contributed by atoms with Gasteiger partial charge >= 0.3 is 6.18 Å². The molecule has 0 amide bonds. The summed E-state index contributed by atoms with van der Waals surface area (Å²) in [6, 6.07) is 5.44. The van der Waals surface area contributed by atoms with Crippen molar-refractivity contribution >= 4 is 11.0 Å². The van der Waals surface area contributed by atoms with E-state index in [0.717, 1.165) is 32.2 Å². The second-order valence-corrected chi connectivity index (χ2v) is 9.26. The Labute approximate surface area is 212 Å². The van der Waals surface area contributed by atoms with E-state index < -0.39 is 71.4 Å². The third kappa shape index (κ3) is 4.41. The maximum Gasteiger partial charge on any atom is 0.417 e. The maximum absolute atomic E-state index is 14.3. The SMILES string of the molecule is COc1c([C@H]2[C@H](c3cc(=O)c4nc([C@H](O)CO)ccc4[nH]3)O[C@@](C)(C(F)(F)F)[C@H]2C)ccc(F)c1C(F)F. The number of aromatic nitrogens is 2. The van der Waals surface area contributed by atoms with E-state index in [-0.39, 0.29) is 28.0 Å². The zero-order valence-corrected chi connectivity index (χ0v) is 20.3. The Morgan fingerprint density at radius 1 is 1.24 bits per heavy atom. The molecule has 1 aliphatic heterocycles. The summed E-state index contributed by atoms with van der Waals surface area (Å²) in [5, 5.41) is 19.0. The number of fused-ring (bicyclic) bond motifs is 1. The molecule has 4 rings (SSSR count). The van der Waals surface area contributed by atoms with E-state index in [2.05, 4.69) is 9.97 Å². The van der Waals surface area contributed by atoms with Crippen LogP contribution in [0.5, 0.6) is 5.75 Å². The Balaban J connectivity index is 1.94. The first kappa shape index (κ1) is 27.9. The van der Waals surface area contributed by atoms with Gasteiger partial charge in [0.2, 0.25) is 5.43 Å². The van der Waals surface area contributed by atoms with Gasteiger partial charge in [-0.3, -0.25) is 4.79 Å². The van der Waals surface area contributed by atoms with Gasteiger partial charge in [0, 0.05) is 29.2 Å². The van der Waals surface area contributed by atoms with Crippen molar-refractivity contribution < 1.29 is 46.0 Å². The van der Waals surface area contributed by atoms with Crippen LogP contribution in [-0.4, -0.2) is 45.7 Å². The molecule has 5 atom stereocenters. The lowest BCUT2D eigenvalue weighted by atomic mass is 9.76. The van der Waals surface area contributed by atoms with Crippen molar-refractivity contribution in [1.82, 2.24) is 9.97 Å². The fourth-order valence-corrected chi connectivity index (χ4v) is 4.95. The van der Waals surface area contributed by atoms with Crippen molar-refractivity contribution in [2.24, 2.45) is 5.92 Å². The molecule has 1 fully saturated rings. The highest BCUT2D eigenvalue weighted by Crippen LogP contribution is 2.59. The first-order chi connectivity index (χ1) is 17.7. The largest absolute Gasteiger partial charge is 0.496 e. The van der Waals surface area contributed by atoms with Gasteiger partial charge in [-0.15, -0.1) is 0 Å². The first-order valence-corrected chi connectivity index (χ1v) is 11.5. The van der Waals surface area contributed by atoms with Crippen molar-refractivity contribution in [1.29, 1.82) is 0 Å². The first-order valence-electron chi connectivity index (χ1n) is 11.5. The molecule has 0 spiro atoms. The number of alkyl halides is 5. The number of halogens is 6. The number of H-pyrrole nitrogens is 1. The van der Waals surface area contributed by atoms with Gasteiger partial charge in [0.05, 0.1) is 30.5 Å². The van der Waals surface area contributed by atoms with Gasteiger partial charge in [0.1, 0.15) is 29.3 Å². The Kier molecular flexibility index (Phi) is 7.23. The van der Waals surface area contributed by atoms with Crippen LogP contribution < -0.4 is 10.2 Å². The summed E-state index contributed by atoms with van der Waals surface area (Å²) < 4.78 is 95.1. The highest BCUT2D eigenvalue weighted by atomic mass is 19.4. The zero-order chi connectivity index (χ0) is 28.2. The summed E-state index contributed by atoms with van der Waals surface area (Å²) in [7, 11) is 1.00. The number of aromatic amines is 1. The molecule has 1 aromatic carbocycles. The second-order valence-electron chi connectivity index (χ2n) is 9.26. The average molecular weight is 546 g/mol. The zero-order valence-electron chi connectivity index (χ0n) is 20.3. The molecule has 1 saturated heterocycles. The normalized spacial score (nSPS) is 24.8. The van der Waals surface area contributed by atoms with E-state index in [4.69, 9.17) is 14.6 Å². The summed E-state index contributed by atoms with van der Waals surface area (Å²) in [6.07, 6.45) is -11.1. The summed E-state index contributed by atoms with van der Waals surface area (Å²) in [6.45, 7) is 1.39. The minimum atomic E-state index is -4.90. The molecule has 3 heterocycles. The number of pyridine rings is 2. The number of rotatable bonds is 6. The molecule has 3 aromatic rings. The van der Waals surface area contributed by atoms with Crippen molar-refractivity contribution in [3.8, 4) is 5.75 Å². The van der Waals surface area contributed by atoms with Gasteiger partial charge in [0.25, 0.3) is 6.43 Å². The third-order valence-electron chi connectivity index (χ3n) is 7.16. The van der Waals surface area contributed by atoms with Crippen LogP contribution in [0.15, 0.2) is 35.1 Å². The third-order valence-corrected chi connectivity index (χ3v) is 7.16. The van der Waals surface area contributed by atoms with Crippen LogP contribution in [0.2, 0.25) is 0 Å². The molecule has 13 heteroatoms. The van der Waals surface area contributed by atoms with Gasteiger partial charge in [-0.2, -0.15) is 13.2 Å². The molecule has 7 nitrogen and oxygen atoms in total. The highest BCUT2D eigenvalue weighted by molar-refractivity contribution is 5.74. The Morgan fingerprint density at radius 3 is 2.50 bits per heavy atom. The van der Waals surface area contributed by atoms with Crippen LogP contribution in [0, 0.1) is 11.7 Å². The number of hydrogen-bond acceptors (Lipinski definition) is 6. The van der Waals surface area contributed by atoms with E-state index in [1.807, 2.05) is 0 Å². The number of methoxy groups -OCH3 is 1. The van der Waals surface area contributed by atoms with E-state index in [9.17, 15) is 36.2 Å². The van der Waals surface area contributed by atoms with Crippen molar-refractivity contribution in [2.75, 3.05) is 13.7 Å². The molecule has 3 N–H and O–H groups in total. The number of aliphatic hydroxyl groups is 2. The highest BCUT2D eigenvalue weighted by Gasteiger charge is 2.65. The Hall–Kier alpha value is -3.16. The van der Waals surface area contributed by atoms with Crippen LogP contribution in [0.25, 0.3) is 11.0 Å². The van der Waals surface area contributed by atoms with Gasteiger partial charge in [-0.25, -0.2) is 18.2 Å². The number of ether oxygens (including phenoxy) is 2. The monoisotopic (exact) mass is 546 g/mol. The van der Waals surface area contributed by atoms with E-state index >= 15 is 0 Å². The molecule has 2 aromatic heterocycles. The topological polar surface area (TPSA) is 105 Å². The van der Waals surface area contributed by atoms with E-state index in [1.54, 1.807) is 0 Å². The fourth-order valence-electron chi connectivity index (χ4n) is 4.95. The molecule has 38 heavy (non-hydrogen) atoms. The lowest BCUT2D eigenvalue weighted by molar-refractivity contribution is -0.275. The Bertz CT molecular complexity index is 1410. The predicted molar refractivity (Wildman–Crippen MR) is 123 cm³/mol. The maximum atomic E-state index is 14.3. The van der Waals surface area contributed by atoms with Gasteiger partial charge in [-0.05, 0) is 25.1 Å². The molecular weight excluding hydrogens is 522 g/mol. The van der Waals surface area contributed by atoms with Crippen molar-refractivity contribution in [3.63, 3.8) is 0 Å². The Morgan fingerprint density at radius 2 is 1.92 bits per heavy atom.